The third-order valence-corrected chi connectivity index (χ3v) is 8.80. The van der Waals surface area contributed by atoms with E-state index in [1.54, 1.807) is 22.0 Å². The Bertz CT molecular complexity index is 1830. The lowest BCUT2D eigenvalue weighted by Crippen LogP contribution is -2.56. The highest BCUT2D eigenvalue weighted by Gasteiger charge is 2.35. The number of carbonyl (C=O) groups is 1. The van der Waals surface area contributed by atoms with Gasteiger partial charge in [0.25, 0.3) is 0 Å². The summed E-state index contributed by atoms with van der Waals surface area (Å²) in [5, 5.41) is 15.3. The molecule has 2 fully saturated rings. The van der Waals surface area contributed by atoms with Crippen molar-refractivity contribution < 1.29 is 18.7 Å². The van der Waals surface area contributed by atoms with E-state index in [0.717, 1.165) is 35.9 Å². The lowest BCUT2D eigenvalue weighted by Gasteiger charge is -2.41. The Morgan fingerprint density at radius 2 is 1.93 bits per heavy atom. The van der Waals surface area contributed by atoms with Crippen molar-refractivity contribution in [2.45, 2.75) is 64.6 Å². The largest absolute Gasteiger partial charge is 0.462 e. The molecule has 0 spiro atoms. The zero-order chi connectivity index (χ0) is 32.7. The van der Waals surface area contributed by atoms with Gasteiger partial charge in [0.1, 0.15) is 29.2 Å². The van der Waals surface area contributed by atoms with Gasteiger partial charge >= 0.3 is 12.1 Å². The van der Waals surface area contributed by atoms with Crippen LogP contribution in [0.3, 0.4) is 0 Å². The smallest absolute Gasteiger partial charge is 0.410 e. The summed E-state index contributed by atoms with van der Waals surface area (Å²) in [6.07, 6.45) is 5.06. The quantitative estimate of drug-likeness (QED) is 0.293. The highest BCUT2D eigenvalue weighted by molar-refractivity contribution is 5.98. The molecule has 5 heterocycles. The van der Waals surface area contributed by atoms with Crippen LogP contribution >= 0.6 is 0 Å². The molecular weight excluding hydrogens is 589 g/mol. The van der Waals surface area contributed by atoms with Crippen LogP contribution in [-0.4, -0.2) is 98.1 Å². The van der Waals surface area contributed by atoms with Gasteiger partial charge in [0.2, 0.25) is 0 Å². The number of aryl methyl sites for hydroxylation is 2. The van der Waals surface area contributed by atoms with Crippen LogP contribution < -0.4 is 9.64 Å². The van der Waals surface area contributed by atoms with E-state index in [1.807, 2.05) is 51.8 Å². The first kappa shape index (κ1) is 31.4. The van der Waals surface area contributed by atoms with Crippen molar-refractivity contribution >= 4 is 33.7 Å². The van der Waals surface area contributed by atoms with Gasteiger partial charge in [-0.05, 0) is 59.7 Å². The second-order valence-corrected chi connectivity index (χ2v) is 13.2. The number of hydrogen-bond donors (Lipinski definition) is 0. The number of halogens is 1. The van der Waals surface area contributed by atoms with Gasteiger partial charge in [-0.15, -0.1) is 0 Å². The van der Waals surface area contributed by atoms with Crippen LogP contribution in [0.4, 0.5) is 15.0 Å². The van der Waals surface area contributed by atoms with E-state index >= 15 is 4.39 Å². The van der Waals surface area contributed by atoms with Gasteiger partial charge in [-0.25, -0.2) is 9.18 Å². The SMILES string of the molecule is Cc1ccc2cnn(C)c2c1-c1ncc2c(N3CCN(C(=O)OC(C)(C)C)[C@@H](CC#N)C3)nc(OC[C@@H]3CCCN3C)nc2c1F. The van der Waals surface area contributed by atoms with Gasteiger partial charge in [-0.1, -0.05) is 12.1 Å². The third-order valence-electron chi connectivity index (χ3n) is 8.80. The Hall–Kier alpha value is -4.57. The summed E-state index contributed by atoms with van der Waals surface area (Å²) in [4.78, 5) is 32.9. The number of fused-ring (bicyclic) bond motifs is 2. The number of aromatic nitrogens is 5. The van der Waals surface area contributed by atoms with Crippen molar-refractivity contribution in [1.29, 1.82) is 5.26 Å². The van der Waals surface area contributed by atoms with Gasteiger partial charge in [0, 0.05) is 49.9 Å². The molecule has 0 aliphatic carbocycles. The van der Waals surface area contributed by atoms with Gasteiger partial charge in [0.15, 0.2) is 5.82 Å². The van der Waals surface area contributed by atoms with E-state index in [0.29, 0.717) is 43.0 Å². The summed E-state index contributed by atoms with van der Waals surface area (Å²) >= 11 is 0. The topological polar surface area (TPSA) is 126 Å². The Balaban J connectivity index is 1.43. The summed E-state index contributed by atoms with van der Waals surface area (Å²) in [6, 6.07) is 5.91. The molecule has 0 N–H and O–H groups in total. The van der Waals surface area contributed by atoms with Crippen molar-refractivity contribution in [1.82, 2.24) is 34.5 Å². The average Bonchev–Trinajstić information content (AvgIpc) is 3.60. The van der Waals surface area contributed by atoms with E-state index in [-0.39, 0.29) is 29.7 Å². The van der Waals surface area contributed by atoms with Crippen LogP contribution in [0, 0.1) is 24.1 Å². The molecule has 2 saturated heterocycles. The minimum absolute atomic E-state index is 0.0701. The molecule has 2 atom stereocenters. The molecule has 46 heavy (non-hydrogen) atoms. The number of amides is 1. The Morgan fingerprint density at radius 1 is 1.13 bits per heavy atom. The van der Waals surface area contributed by atoms with E-state index < -0.39 is 23.6 Å². The molecule has 242 valence electrons. The normalized spacial score (nSPS) is 19.2. The first-order valence-electron chi connectivity index (χ1n) is 15.7. The lowest BCUT2D eigenvalue weighted by atomic mass is 10.0. The van der Waals surface area contributed by atoms with Crippen LogP contribution in [0.1, 0.15) is 45.6 Å². The zero-order valence-electron chi connectivity index (χ0n) is 27.2. The average molecular weight is 630 g/mol. The van der Waals surface area contributed by atoms with Crippen LogP contribution in [0.15, 0.2) is 24.5 Å². The number of hydrogen-bond acceptors (Lipinski definition) is 10. The summed E-state index contributed by atoms with van der Waals surface area (Å²) < 4.78 is 30.3. The molecule has 2 aliphatic rings. The molecule has 4 aromatic rings. The lowest BCUT2D eigenvalue weighted by molar-refractivity contribution is 0.0145. The molecule has 0 unspecified atom stereocenters. The molecule has 0 radical (unpaired) electrons. The molecule has 1 aromatic carbocycles. The maximum Gasteiger partial charge on any atom is 0.410 e. The summed E-state index contributed by atoms with van der Waals surface area (Å²) in [7, 11) is 3.89. The van der Waals surface area contributed by atoms with Gasteiger partial charge in [0.05, 0.1) is 35.6 Å². The number of rotatable bonds is 6. The van der Waals surface area contributed by atoms with Crippen molar-refractivity contribution in [2.75, 3.05) is 44.7 Å². The van der Waals surface area contributed by atoms with Crippen LogP contribution in [0.2, 0.25) is 0 Å². The van der Waals surface area contributed by atoms with Crippen LogP contribution in [-0.2, 0) is 11.8 Å². The van der Waals surface area contributed by atoms with Crippen molar-refractivity contribution in [3.8, 4) is 23.3 Å². The summed E-state index contributed by atoms with van der Waals surface area (Å²) in [5.41, 5.74) is 1.87. The van der Waals surface area contributed by atoms with Gasteiger partial charge in [-0.2, -0.15) is 20.3 Å². The minimum atomic E-state index is -0.674. The van der Waals surface area contributed by atoms with E-state index in [2.05, 4.69) is 33.1 Å². The van der Waals surface area contributed by atoms with Crippen molar-refractivity contribution in [2.24, 2.45) is 7.05 Å². The number of benzene rings is 1. The number of nitrogens with zero attached hydrogens (tertiary/aromatic N) is 9. The molecule has 2 aliphatic heterocycles. The molecule has 3 aromatic heterocycles. The van der Waals surface area contributed by atoms with Crippen LogP contribution in [0.5, 0.6) is 6.01 Å². The standard InChI is InChI=1S/C33H40FN9O3/c1-20-9-10-21-16-37-41(6)29(21)25(20)28-26(34)27-24(17-36-28)30(39-31(38-27)45-19-23-8-7-13-40(23)5)42-14-15-43(22(18-42)11-12-35)32(44)46-33(2,3)4/h9-10,16-17,22-23H,7-8,11,13-15,18-19H2,1-6H3/t22-,23-/m0/s1. The summed E-state index contributed by atoms with van der Waals surface area (Å²) in [5.74, 6) is -0.137. The van der Waals surface area contributed by atoms with Gasteiger partial charge < -0.3 is 24.2 Å². The molecular formula is C33H40FN9O3. The van der Waals surface area contributed by atoms with Crippen molar-refractivity contribution in [3.63, 3.8) is 0 Å². The first-order chi connectivity index (χ1) is 21.9. The van der Waals surface area contributed by atoms with E-state index in [1.165, 1.54) is 0 Å². The number of piperazine rings is 1. The fraction of sp³-hybridized carbons (Fsp3) is 0.515. The van der Waals surface area contributed by atoms with Crippen LogP contribution in [0.25, 0.3) is 33.1 Å². The Labute approximate surface area is 267 Å². The first-order valence-corrected chi connectivity index (χ1v) is 15.7. The Kier molecular flexibility index (Phi) is 8.41. The maximum absolute atomic E-state index is 16.8. The number of ether oxygens (including phenoxy) is 2. The highest BCUT2D eigenvalue weighted by Crippen LogP contribution is 2.37. The highest BCUT2D eigenvalue weighted by atomic mass is 19.1. The second kappa shape index (κ2) is 12.3. The number of pyridine rings is 1. The number of carbonyl (C=O) groups excluding carboxylic acids is 1. The van der Waals surface area contributed by atoms with E-state index in [9.17, 15) is 10.1 Å². The molecule has 0 bridgehead atoms. The third kappa shape index (κ3) is 6.01. The maximum atomic E-state index is 16.8. The number of nitriles is 1. The fourth-order valence-corrected chi connectivity index (χ4v) is 6.42. The van der Waals surface area contributed by atoms with Crippen molar-refractivity contribution in [3.05, 3.63) is 35.9 Å². The predicted molar refractivity (Wildman–Crippen MR) is 172 cm³/mol. The monoisotopic (exact) mass is 629 g/mol. The Morgan fingerprint density at radius 3 is 2.65 bits per heavy atom. The second-order valence-electron chi connectivity index (χ2n) is 13.2. The molecule has 6 rings (SSSR count). The fourth-order valence-electron chi connectivity index (χ4n) is 6.42. The van der Waals surface area contributed by atoms with E-state index in [4.69, 9.17) is 14.5 Å². The predicted octanol–water partition coefficient (Wildman–Crippen LogP) is 4.84. The van der Waals surface area contributed by atoms with Gasteiger partial charge in [-0.3, -0.25) is 9.67 Å². The molecule has 0 saturated carbocycles. The number of likely N-dealkylation sites (tertiary alicyclic amines) is 1. The minimum Gasteiger partial charge on any atom is -0.462 e. The zero-order valence-corrected chi connectivity index (χ0v) is 27.2. The molecule has 1 amide bonds. The molecule has 13 heteroatoms. The number of anilines is 1. The number of likely N-dealkylation sites (N-methyl/N-ethyl adjacent to an activating group) is 1. The molecule has 12 nitrogen and oxygen atoms in total. The summed E-state index contributed by atoms with van der Waals surface area (Å²) in [6.45, 7) is 9.69.